The monoisotopic (exact) mass is 356 g/mol. The van der Waals surface area contributed by atoms with Crippen LogP contribution in [0, 0.1) is 5.82 Å². The number of phenolic OH excluding ortho intramolecular Hbond substituents is 1. The number of methoxy groups -OCH3 is 2. The average molecular weight is 356 g/mol. The van der Waals surface area contributed by atoms with E-state index in [-0.39, 0.29) is 22.6 Å². The van der Waals surface area contributed by atoms with Crippen LogP contribution in [-0.2, 0) is 7.05 Å². The summed E-state index contributed by atoms with van der Waals surface area (Å²) in [5.41, 5.74) is 0.873. The van der Waals surface area contributed by atoms with Gasteiger partial charge in [-0.05, 0) is 18.2 Å². The van der Waals surface area contributed by atoms with Gasteiger partial charge in [-0.1, -0.05) is 12.1 Å². The van der Waals surface area contributed by atoms with Crippen LogP contribution >= 0.6 is 0 Å². The summed E-state index contributed by atoms with van der Waals surface area (Å²) in [7, 11) is 4.52. The number of ether oxygens (including phenoxy) is 2. The lowest BCUT2D eigenvalue weighted by atomic mass is 9.96. The molecule has 0 fully saturated rings. The lowest BCUT2D eigenvalue weighted by Crippen LogP contribution is -2.07. The van der Waals surface area contributed by atoms with E-state index in [4.69, 9.17) is 9.47 Å². The Balaban J connectivity index is 2.28. The van der Waals surface area contributed by atoms with Crippen molar-refractivity contribution in [2.24, 2.45) is 7.05 Å². The predicted octanol–water partition coefficient (Wildman–Crippen LogP) is 3.18. The van der Waals surface area contributed by atoms with Gasteiger partial charge in [0.15, 0.2) is 0 Å². The van der Waals surface area contributed by atoms with Gasteiger partial charge >= 0.3 is 0 Å². The number of aryl methyl sites for hydroxylation is 1. The quantitative estimate of drug-likeness (QED) is 0.711. The number of halogens is 1. The second kappa shape index (κ2) is 6.87. The first-order valence-electron chi connectivity index (χ1n) is 7.74. The molecule has 3 aromatic rings. The number of rotatable bonds is 5. The molecule has 1 aromatic heterocycles. The minimum atomic E-state index is -0.565. The molecule has 0 bridgehead atoms. The smallest absolute Gasteiger partial charge is 0.200 e. The van der Waals surface area contributed by atoms with E-state index in [1.54, 1.807) is 24.0 Å². The molecular formula is C19H17FN2O4. The minimum absolute atomic E-state index is 0.0740. The van der Waals surface area contributed by atoms with Gasteiger partial charge in [0.25, 0.3) is 0 Å². The Hall–Kier alpha value is -3.35. The summed E-state index contributed by atoms with van der Waals surface area (Å²) in [6.45, 7) is 0. The average Bonchev–Trinajstić information content (AvgIpc) is 3.05. The van der Waals surface area contributed by atoms with Crippen molar-refractivity contribution < 1.29 is 23.8 Å². The van der Waals surface area contributed by atoms with Crippen molar-refractivity contribution >= 4 is 5.78 Å². The standard InChI is InChI=1S/C19H17FN2O4/c1-22-13(7-8-21-22)16-14(25-2)10-15(26-3)17(19(16)24)18(23)11-5-4-6-12(20)9-11/h4-10,24H,1-3H3. The molecular weight excluding hydrogens is 339 g/mol. The first-order chi connectivity index (χ1) is 12.5. The van der Waals surface area contributed by atoms with Gasteiger partial charge in [-0.15, -0.1) is 0 Å². The highest BCUT2D eigenvalue weighted by Crippen LogP contribution is 2.45. The number of carbonyl (C=O) groups excluding carboxylic acids is 1. The van der Waals surface area contributed by atoms with E-state index in [9.17, 15) is 14.3 Å². The number of aromatic nitrogens is 2. The van der Waals surface area contributed by atoms with Crippen molar-refractivity contribution in [2.45, 2.75) is 0 Å². The molecule has 3 rings (SSSR count). The Labute approximate surface area is 149 Å². The van der Waals surface area contributed by atoms with Crippen LogP contribution in [0.4, 0.5) is 4.39 Å². The molecule has 0 saturated carbocycles. The first kappa shape index (κ1) is 17.5. The molecule has 26 heavy (non-hydrogen) atoms. The normalized spacial score (nSPS) is 10.6. The van der Waals surface area contributed by atoms with Gasteiger partial charge in [0.2, 0.25) is 5.78 Å². The summed E-state index contributed by atoms with van der Waals surface area (Å²) >= 11 is 0. The van der Waals surface area contributed by atoms with E-state index >= 15 is 0 Å². The van der Waals surface area contributed by atoms with Crippen LogP contribution in [0.1, 0.15) is 15.9 Å². The molecule has 1 heterocycles. The van der Waals surface area contributed by atoms with Crippen molar-refractivity contribution in [3.05, 3.63) is 59.5 Å². The fraction of sp³-hybridized carbons (Fsp3) is 0.158. The van der Waals surface area contributed by atoms with Crippen molar-refractivity contribution in [2.75, 3.05) is 14.2 Å². The van der Waals surface area contributed by atoms with Crippen LogP contribution in [0.25, 0.3) is 11.3 Å². The van der Waals surface area contributed by atoms with Crippen molar-refractivity contribution in [3.63, 3.8) is 0 Å². The SMILES string of the molecule is COc1cc(OC)c(-c2ccnn2C)c(O)c1C(=O)c1cccc(F)c1. The predicted molar refractivity (Wildman–Crippen MR) is 93.2 cm³/mol. The van der Waals surface area contributed by atoms with Gasteiger partial charge in [0.1, 0.15) is 28.6 Å². The van der Waals surface area contributed by atoms with Crippen molar-refractivity contribution in [1.82, 2.24) is 9.78 Å². The summed E-state index contributed by atoms with van der Waals surface area (Å²) in [6.07, 6.45) is 1.56. The Bertz CT molecular complexity index is 982. The maximum Gasteiger partial charge on any atom is 0.200 e. The molecule has 0 aliphatic heterocycles. The van der Waals surface area contributed by atoms with Gasteiger partial charge in [-0.2, -0.15) is 5.10 Å². The van der Waals surface area contributed by atoms with Crippen LogP contribution < -0.4 is 9.47 Å². The summed E-state index contributed by atoms with van der Waals surface area (Å²) in [5, 5.41) is 15.0. The summed E-state index contributed by atoms with van der Waals surface area (Å²) < 4.78 is 25.7. The molecule has 0 aliphatic carbocycles. The van der Waals surface area contributed by atoms with Gasteiger partial charge in [-0.3, -0.25) is 9.48 Å². The summed E-state index contributed by atoms with van der Waals surface area (Å²) in [4.78, 5) is 12.9. The molecule has 7 heteroatoms. The fourth-order valence-corrected chi connectivity index (χ4v) is 2.80. The third kappa shape index (κ3) is 2.88. The van der Waals surface area contributed by atoms with Gasteiger partial charge in [0, 0.05) is 24.9 Å². The molecule has 1 N–H and O–H groups in total. The van der Waals surface area contributed by atoms with E-state index in [0.717, 1.165) is 6.07 Å². The van der Waals surface area contributed by atoms with Crippen molar-refractivity contribution in [1.29, 1.82) is 0 Å². The van der Waals surface area contributed by atoms with Crippen molar-refractivity contribution in [3.8, 4) is 28.5 Å². The van der Waals surface area contributed by atoms with Crippen LogP contribution in [0.2, 0.25) is 0 Å². The number of benzene rings is 2. The molecule has 0 spiro atoms. The molecule has 2 aromatic carbocycles. The van der Waals surface area contributed by atoms with Gasteiger partial charge in [-0.25, -0.2) is 4.39 Å². The Morgan fingerprint density at radius 3 is 2.46 bits per heavy atom. The van der Waals surface area contributed by atoms with Crippen LogP contribution in [-0.4, -0.2) is 34.9 Å². The summed E-state index contributed by atoms with van der Waals surface area (Å²) in [5.74, 6) is -0.989. The van der Waals surface area contributed by atoms with E-state index in [2.05, 4.69) is 5.10 Å². The lowest BCUT2D eigenvalue weighted by molar-refractivity contribution is 0.103. The third-order valence-electron chi connectivity index (χ3n) is 4.06. The molecule has 0 unspecified atom stereocenters. The van der Waals surface area contributed by atoms with Crippen LogP contribution in [0.3, 0.4) is 0 Å². The fourth-order valence-electron chi connectivity index (χ4n) is 2.80. The second-order valence-electron chi connectivity index (χ2n) is 5.56. The molecule has 134 valence electrons. The van der Waals surface area contributed by atoms with E-state index in [0.29, 0.717) is 17.0 Å². The topological polar surface area (TPSA) is 73.6 Å². The Morgan fingerprint density at radius 1 is 1.15 bits per heavy atom. The first-order valence-corrected chi connectivity index (χ1v) is 7.74. The number of aromatic hydroxyl groups is 1. The maximum atomic E-state index is 13.5. The highest BCUT2D eigenvalue weighted by molar-refractivity contribution is 6.14. The lowest BCUT2D eigenvalue weighted by Gasteiger charge is -2.17. The highest BCUT2D eigenvalue weighted by atomic mass is 19.1. The number of hydrogen-bond acceptors (Lipinski definition) is 5. The van der Waals surface area contributed by atoms with E-state index < -0.39 is 11.6 Å². The van der Waals surface area contributed by atoms with Crippen LogP contribution in [0.15, 0.2) is 42.6 Å². The van der Waals surface area contributed by atoms with E-state index in [1.165, 1.54) is 38.5 Å². The Morgan fingerprint density at radius 2 is 1.88 bits per heavy atom. The molecule has 0 atom stereocenters. The van der Waals surface area contributed by atoms with Crippen LogP contribution in [0.5, 0.6) is 17.2 Å². The highest BCUT2D eigenvalue weighted by Gasteiger charge is 2.27. The molecule has 0 radical (unpaired) electrons. The zero-order valence-corrected chi connectivity index (χ0v) is 14.5. The Kier molecular flexibility index (Phi) is 4.62. The number of phenols is 1. The third-order valence-corrected chi connectivity index (χ3v) is 4.06. The minimum Gasteiger partial charge on any atom is -0.506 e. The second-order valence-corrected chi connectivity index (χ2v) is 5.56. The number of nitrogens with zero attached hydrogens (tertiary/aromatic N) is 2. The molecule has 6 nitrogen and oxygen atoms in total. The molecule has 0 aliphatic rings. The zero-order chi connectivity index (χ0) is 18.8. The van der Waals surface area contributed by atoms with E-state index in [1.807, 2.05) is 0 Å². The summed E-state index contributed by atoms with van der Waals surface area (Å²) in [6, 6.07) is 8.43. The number of carbonyl (C=O) groups is 1. The maximum absolute atomic E-state index is 13.5. The largest absolute Gasteiger partial charge is 0.506 e. The van der Waals surface area contributed by atoms with Gasteiger partial charge in [0.05, 0.1) is 25.5 Å². The molecule has 0 amide bonds. The van der Waals surface area contributed by atoms with Gasteiger partial charge < -0.3 is 14.6 Å². The zero-order valence-electron chi connectivity index (χ0n) is 14.5. The number of hydrogen-bond donors (Lipinski definition) is 1. The number of ketones is 1. The molecule has 0 saturated heterocycles.